The number of furan rings is 1. The van der Waals surface area contributed by atoms with Crippen LogP contribution in [0.1, 0.15) is 16.1 Å². The first-order valence-electron chi connectivity index (χ1n) is 2.52. The number of aryl methyl sites for hydroxylation is 1. The van der Waals surface area contributed by atoms with Gasteiger partial charge in [-0.15, -0.1) is 0 Å². The van der Waals surface area contributed by atoms with Crippen LogP contribution >= 0.6 is 0 Å². The molecule has 1 heterocycles. The summed E-state index contributed by atoms with van der Waals surface area (Å²) in [7, 11) is 0. The maximum Gasteiger partial charge on any atom is 0.273 e. The Balaban J connectivity index is 3.08. The molecule has 1 aromatic rings. The quantitative estimate of drug-likeness (QED) is 0.561. The van der Waals surface area contributed by atoms with Crippen molar-refractivity contribution in [3.8, 4) is 0 Å². The highest BCUT2D eigenvalue weighted by atomic mass is 16.3. The topological polar surface area (TPSA) is 54.0 Å². The number of carbonyl (C=O) groups is 1. The van der Waals surface area contributed by atoms with Gasteiger partial charge < -0.3 is 4.42 Å². The molecule has 9 heavy (non-hydrogen) atoms. The largest absolute Gasteiger partial charge is 0.469 e. The van der Waals surface area contributed by atoms with Crippen LogP contribution in [0, 0.1) is 6.92 Å². The zero-order chi connectivity index (χ0) is 6.85. The maximum absolute atomic E-state index is 10.3. The van der Waals surface area contributed by atoms with Gasteiger partial charge in [0, 0.05) is 0 Å². The molecular weight excluding hydrogens is 118 g/mol. The molecule has 3 nitrogen and oxygen atoms in total. The molecule has 47 valence electrons. The highest BCUT2D eigenvalue weighted by Gasteiger charge is 2.05. The van der Waals surface area contributed by atoms with Gasteiger partial charge in [-0.3, -0.25) is 10.5 Å². The fourth-order valence-electron chi connectivity index (χ4n) is 0.621. The van der Waals surface area contributed by atoms with E-state index in [2.05, 4.69) is 0 Å². The molecule has 0 aliphatic heterocycles. The van der Waals surface area contributed by atoms with Gasteiger partial charge in [0.25, 0.3) is 5.91 Å². The van der Waals surface area contributed by atoms with Crippen molar-refractivity contribution in [1.29, 1.82) is 0 Å². The summed E-state index contributed by atoms with van der Waals surface area (Å²) >= 11 is 0. The molecule has 0 spiro atoms. The summed E-state index contributed by atoms with van der Waals surface area (Å²) < 4.78 is 4.78. The lowest BCUT2D eigenvalue weighted by Gasteiger charge is -1.85. The number of hydrogen-bond acceptors (Lipinski definition) is 2. The van der Waals surface area contributed by atoms with E-state index in [4.69, 9.17) is 10.2 Å². The Morgan fingerprint density at radius 3 is 2.67 bits per heavy atom. The summed E-state index contributed by atoms with van der Waals surface area (Å²) in [5.74, 6) is -0.184. The summed E-state index contributed by atoms with van der Waals surface area (Å²) in [6.45, 7) is 1.65. The Morgan fingerprint density at radius 1 is 1.78 bits per heavy atom. The first-order chi connectivity index (χ1) is 4.22. The fraction of sp³-hybridized carbons (Fsp3) is 0.167. The lowest BCUT2D eigenvalue weighted by atomic mass is 10.2. The molecule has 0 saturated carbocycles. The molecule has 0 atom stereocenters. The van der Waals surface area contributed by atoms with Gasteiger partial charge in [0.15, 0.2) is 0 Å². The smallest absolute Gasteiger partial charge is 0.273 e. The van der Waals surface area contributed by atoms with E-state index in [1.807, 2.05) is 0 Å². The van der Waals surface area contributed by atoms with Crippen LogP contribution in [0.15, 0.2) is 16.7 Å². The molecule has 1 radical (unpaired) electrons. The molecule has 0 saturated heterocycles. The van der Waals surface area contributed by atoms with Gasteiger partial charge in [0.05, 0.1) is 11.8 Å². The van der Waals surface area contributed by atoms with Crippen molar-refractivity contribution in [3.05, 3.63) is 23.7 Å². The molecule has 1 N–H and O–H groups in total. The van der Waals surface area contributed by atoms with Crippen LogP contribution in [0.25, 0.3) is 0 Å². The molecule has 0 aliphatic carbocycles. The Kier molecular flexibility index (Phi) is 1.26. The average Bonchev–Trinajstić information content (AvgIpc) is 2.13. The van der Waals surface area contributed by atoms with Crippen molar-refractivity contribution in [2.75, 3.05) is 0 Å². The zero-order valence-corrected chi connectivity index (χ0v) is 4.97. The summed E-state index contributed by atoms with van der Waals surface area (Å²) in [6, 6.07) is 1.49. The monoisotopic (exact) mass is 124 g/mol. The number of hydrogen-bond donors (Lipinski definition) is 0. The standard InChI is InChI=1S/C6H6NO2/c1-4-5(6(7)8)2-3-9-4/h2-3,7H,1H3. The second-order valence-corrected chi connectivity index (χ2v) is 1.72. The first-order valence-corrected chi connectivity index (χ1v) is 2.52. The van der Waals surface area contributed by atoms with Crippen molar-refractivity contribution >= 4 is 5.91 Å². The van der Waals surface area contributed by atoms with E-state index in [9.17, 15) is 4.79 Å². The molecule has 0 aromatic carbocycles. The number of nitrogens with one attached hydrogen (secondary N) is 1. The van der Waals surface area contributed by atoms with Crippen molar-refractivity contribution in [2.24, 2.45) is 0 Å². The molecule has 0 unspecified atom stereocenters. The molecule has 0 aliphatic rings. The van der Waals surface area contributed by atoms with E-state index in [0.717, 1.165) is 0 Å². The molecular formula is C6H6NO2. The molecule has 0 bridgehead atoms. The Morgan fingerprint density at radius 2 is 2.44 bits per heavy atom. The maximum atomic E-state index is 10.3. The summed E-state index contributed by atoms with van der Waals surface area (Å²) in [5.41, 5.74) is 7.02. The third-order valence-corrected chi connectivity index (χ3v) is 1.10. The first kappa shape index (κ1) is 5.88. The predicted molar refractivity (Wildman–Crippen MR) is 30.9 cm³/mol. The third kappa shape index (κ3) is 0.937. The van der Waals surface area contributed by atoms with E-state index < -0.39 is 5.91 Å². The minimum atomic E-state index is -0.693. The van der Waals surface area contributed by atoms with Gasteiger partial charge in [-0.25, -0.2) is 0 Å². The van der Waals surface area contributed by atoms with Gasteiger partial charge >= 0.3 is 0 Å². The Bertz CT molecular complexity index is 227. The molecule has 1 amide bonds. The van der Waals surface area contributed by atoms with Gasteiger partial charge in [-0.05, 0) is 13.0 Å². The third-order valence-electron chi connectivity index (χ3n) is 1.10. The highest BCUT2D eigenvalue weighted by Crippen LogP contribution is 2.06. The minimum Gasteiger partial charge on any atom is -0.469 e. The lowest BCUT2D eigenvalue weighted by molar-refractivity contribution is 0.0990. The van der Waals surface area contributed by atoms with E-state index in [1.165, 1.54) is 12.3 Å². The lowest BCUT2D eigenvalue weighted by Crippen LogP contribution is -1.97. The van der Waals surface area contributed by atoms with Crippen LogP contribution < -0.4 is 5.73 Å². The predicted octanol–water partition coefficient (Wildman–Crippen LogP) is 1.01. The van der Waals surface area contributed by atoms with Crippen LogP contribution in [-0.2, 0) is 0 Å². The molecule has 1 rings (SSSR count). The van der Waals surface area contributed by atoms with Gasteiger partial charge in [0.1, 0.15) is 5.76 Å². The minimum absolute atomic E-state index is 0.343. The van der Waals surface area contributed by atoms with Crippen molar-refractivity contribution in [1.82, 2.24) is 5.73 Å². The van der Waals surface area contributed by atoms with E-state index in [0.29, 0.717) is 11.3 Å². The molecule has 1 aromatic heterocycles. The molecule has 3 heteroatoms. The van der Waals surface area contributed by atoms with Crippen LogP contribution in [0.3, 0.4) is 0 Å². The highest BCUT2D eigenvalue weighted by molar-refractivity contribution is 5.92. The Labute approximate surface area is 52.5 Å². The van der Waals surface area contributed by atoms with Gasteiger partial charge in [-0.1, -0.05) is 0 Å². The number of carbonyl (C=O) groups excluding carboxylic acids is 1. The normalized spacial score (nSPS) is 9.44. The Hall–Kier alpha value is -1.25. The van der Waals surface area contributed by atoms with Crippen LogP contribution in [-0.4, -0.2) is 5.91 Å². The van der Waals surface area contributed by atoms with Gasteiger partial charge in [0.2, 0.25) is 0 Å². The van der Waals surface area contributed by atoms with E-state index in [1.54, 1.807) is 6.92 Å². The van der Waals surface area contributed by atoms with Crippen LogP contribution in [0.2, 0.25) is 0 Å². The summed E-state index contributed by atoms with van der Waals surface area (Å²) in [5, 5.41) is 0. The van der Waals surface area contributed by atoms with E-state index >= 15 is 0 Å². The number of amides is 1. The number of rotatable bonds is 1. The zero-order valence-electron chi connectivity index (χ0n) is 4.97. The van der Waals surface area contributed by atoms with Crippen molar-refractivity contribution in [3.63, 3.8) is 0 Å². The van der Waals surface area contributed by atoms with Crippen molar-refractivity contribution in [2.45, 2.75) is 6.92 Å². The molecule has 0 fully saturated rings. The van der Waals surface area contributed by atoms with Gasteiger partial charge in [-0.2, -0.15) is 0 Å². The van der Waals surface area contributed by atoms with Crippen LogP contribution in [0.5, 0.6) is 0 Å². The second kappa shape index (κ2) is 1.93. The second-order valence-electron chi connectivity index (χ2n) is 1.72. The summed E-state index contributed by atoms with van der Waals surface area (Å²) in [6.07, 6.45) is 1.40. The van der Waals surface area contributed by atoms with Crippen LogP contribution in [0.4, 0.5) is 0 Å². The average molecular weight is 124 g/mol. The fourth-order valence-corrected chi connectivity index (χ4v) is 0.621. The summed E-state index contributed by atoms with van der Waals surface area (Å²) in [4.78, 5) is 10.3. The van der Waals surface area contributed by atoms with Crippen molar-refractivity contribution < 1.29 is 9.21 Å². The SMILES string of the molecule is Cc1occc1C([NH])=O. The van der Waals surface area contributed by atoms with E-state index in [-0.39, 0.29) is 0 Å².